The summed E-state index contributed by atoms with van der Waals surface area (Å²) in [6, 6.07) is 15.5. The lowest BCUT2D eigenvalue weighted by Gasteiger charge is -2.26. The third-order valence-electron chi connectivity index (χ3n) is 3.92. The van der Waals surface area contributed by atoms with Crippen molar-refractivity contribution >= 4 is 16.5 Å². The van der Waals surface area contributed by atoms with Crippen LogP contribution in [0.2, 0.25) is 0 Å². The Balaban J connectivity index is 2.17. The number of nitrogens with zero attached hydrogens (tertiary/aromatic N) is 1. The van der Waals surface area contributed by atoms with E-state index in [1.54, 1.807) is 0 Å². The highest BCUT2D eigenvalue weighted by Crippen LogP contribution is 2.26. The molecule has 0 amide bonds. The molecule has 0 fully saturated rings. The first-order valence-electron chi connectivity index (χ1n) is 7.74. The van der Waals surface area contributed by atoms with Gasteiger partial charge in [0.15, 0.2) is 0 Å². The van der Waals surface area contributed by atoms with Gasteiger partial charge in [-0.1, -0.05) is 49.7 Å². The SMILES string of the molecule is CCCC(N)CCN(CC)c1cccc2ccccc12. The highest BCUT2D eigenvalue weighted by molar-refractivity contribution is 5.94. The van der Waals surface area contributed by atoms with Crippen molar-refractivity contribution in [2.75, 3.05) is 18.0 Å². The van der Waals surface area contributed by atoms with Gasteiger partial charge in [-0.15, -0.1) is 0 Å². The summed E-state index contributed by atoms with van der Waals surface area (Å²) in [6.45, 7) is 6.47. The number of hydrogen-bond donors (Lipinski definition) is 1. The van der Waals surface area contributed by atoms with Crippen LogP contribution in [0.15, 0.2) is 42.5 Å². The lowest BCUT2D eigenvalue weighted by Crippen LogP contribution is -2.30. The van der Waals surface area contributed by atoms with Gasteiger partial charge in [-0.05, 0) is 31.2 Å². The summed E-state index contributed by atoms with van der Waals surface area (Å²) in [6.07, 6.45) is 3.35. The third-order valence-corrected chi connectivity index (χ3v) is 3.92. The Bertz CT molecular complexity index is 530. The van der Waals surface area contributed by atoms with Crippen molar-refractivity contribution in [2.24, 2.45) is 5.73 Å². The molecule has 108 valence electrons. The second kappa shape index (κ2) is 7.30. The van der Waals surface area contributed by atoms with E-state index in [4.69, 9.17) is 5.73 Å². The van der Waals surface area contributed by atoms with Gasteiger partial charge in [0, 0.05) is 30.2 Å². The molecule has 2 aromatic carbocycles. The van der Waals surface area contributed by atoms with E-state index < -0.39 is 0 Å². The first-order chi connectivity index (χ1) is 9.76. The highest BCUT2D eigenvalue weighted by atomic mass is 15.1. The van der Waals surface area contributed by atoms with Crippen LogP contribution in [0.25, 0.3) is 10.8 Å². The van der Waals surface area contributed by atoms with Gasteiger partial charge in [-0.3, -0.25) is 0 Å². The largest absolute Gasteiger partial charge is 0.371 e. The Morgan fingerprint density at radius 3 is 2.50 bits per heavy atom. The maximum Gasteiger partial charge on any atom is 0.0445 e. The van der Waals surface area contributed by atoms with Crippen LogP contribution in [0.5, 0.6) is 0 Å². The van der Waals surface area contributed by atoms with E-state index in [9.17, 15) is 0 Å². The molecule has 1 atom stereocenters. The molecule has 1 unspecified atom stereocenters. The van der Waals surface area contributed by atoms with Gasteiger partial charge in [0.05, 0.1) is 0 Å². The van der Waals surface area contributed by atoms with Crippen LogP contribution in [0, 0.1) is 0 Å². The molecule has 0 heterocycles. The van der Waals surface area contributed by atoms with Gasteiger partial charge in [-0.2, -0.15) is 0 Å². The molecule has 0 radical (unpaired) electrons. The van der Waals surface area contributed by atoms with Gasteiger partial charge in [-0.25, -0.2) is 0 Å². The van der Waals surface area contributed by atoms with Crippen molar-refractivity contribution < 1.29 is 0 Å². The van der Waals surface area contributed by atoms with Crippen molar-refractivity contribution in [1.82, 2.24) is 0 Å². The number of nitrogens with two attached hydrogens (primary N) is 1. The van der Waals surface area contributed by atoms with Crippen LogP contribution in [0.1, 0.15) is 33.1 Å². The minimum atomic E-state index is 0.323. The molecular weight excluding hydrogens is 244 g/mol. The summed E-state index contributed by atoms with van der Waals surface area (Å²) in [5.74, 6) is 0. The van der Waals surface area contributed by atoms with Crippen LogP contribution in [-0.2, 0) is 0 Å². The molecule has 2 aromatic rings. The monoisotopic (exact) mass is 270 g/mol. The van der Waals surface area contributed by atoms with Crippen LogP contribution in [0.4, 0.5) is 5.69 Å². The molecule has 2 rings (SSSR count). The molecule has 2 nitrogen and oxygen atoms in total. The van der Waals surface area contributed by atoms with Crippen molar-refractivity contribution in [2.45, 2.75) is 39.2 Å². The maximum absolute atomic E-state index is 6.15. The van der Waals surface area contributed by atoms with E-state index in [-0.39, 0.29) is 0 Å². The Labute approximate surface area is 122 Å². The summed E-state index contributed by atoms with van der Waals surface area (Å²) >= 11 is 0. The molecule has 0 aliphatic rings. The Morgan fingerprint density at radius 1 is 1.00 bits per heavy atom. The minimum absolute atomic E-state index is 0.323. The summed E-state index contributed by atoms with van der Waals surface area (Å²) in [5.41, 5.74) is 7.48. The van der Waals surface area contributed by atoms with Gasteiger partial charge < -0.3 is 10.6 Å². The second-order valence-electron chi connectivity index (χ2n) is 5.42. The predicted molar refractivity (Wildman–Crippen MR) is 89.3 cm³/mol. The van der Waals surface area contributed by atoms with E-state index in [0.29, 0.717) is 6.04 Å². The zero-order valence-electron chi connectivity index (χ0n) is 12.7. The molecule has 2 heteroatoms. The lowest BCUT2D eigenvalue weighted by atomic mass is 10.1. The van der Waals surface area contributed by atoms with Crippen molar-refractivity contribution in [3.05, 3.63) is 42.5 Å². The first kappa shape index (κ1) is 14.9. The summed E-state index contributed by atoms with van der Waals surface area (Å²) < 4.78 is 0. The average molecular weight is 270 g/mol. The zero-order chi connectivity index (χ0) is 14.4. The lowest BCUT2D eigenvalue weighted by molar-refractivity contribution is 0.555. The fourth-order valence-corrected chi connectivity index (χ4v) is 2.77. The van der Waals surface area contributed by atoms with E-state index in [1.165, 1.54) is 22.9 Å². The molecule has 0 aliphatic carbocycles. The average Bonchev–Trinajstić information content (AvgIpc) is 2.48. The Kier molecular flexibility index (Phi) is 5.42. The topological polar surface area (TPSA) is 29.3 Å². The maximum atomic E-state index is 6.15. The Hall–Kier alpha value is -1.54. The van der Waals surface area contributed by atoms with Gasteiger partial charge in [0.25, 0.3) is 0 Å². The van der Waals surface area contributed by atoms with Crippen molar-refractivity contribution in [1.29, 1.82) is 0 Å². The van der Waals surface area contributed by atoms with E-state index >= 15 is 0 Å². The summed E-state index contributed by atoms with van der Waals surface area (Å²) in [4.78, 5) is 2.44. The fourth-order valence-electron chi connectivity index (χ4n) is 2.77. The minimum Gasteiger partial charge on any atom is -0.371 e. The van der Waals surface area contributed by atoms with Gasteiger partial charge in [0.2, 0.25) is 0 Å². The third kappa shape index (κ3) is 3.51. The van der Waals surface area contributed by atoms with Crippen LogP contribution in [-0.4, -0.2) is 19.1 Å². The van der Waals surface area contributed by atoms with Crippen LogP contribution >= 0.6 is 0 Å². The normalized spacial score (nSPS) is 12.6. The molecule has 0 saturated heterocycles. The van der Waals surface area contributed by atoms with Crippen molar-refractivity contribution in [3.63, 3.8) is 0 Å². The van der Waals surface area contributed by atoms with Crippen molar-refractivity contribution in [3.8, 4) is 0 Å². The highest BCUT2D eigenvalue weighted by Gasteiger charge is 2.10. The molecule has 0 bridgehead atoms. The van der Waals surface area contributed by atoms with Gasteiger partial charge >= 0.3 is 0 Å². The molecule has 20 heavy (non-hydrogen) atoms. The summed E-state index contributed by atoms with van der Waals surface area (Å²) in [7, 11) is 0. The smallest absolute Gasteiger partial charge is 0.0445 e. The molecule has 0 saturated carbocycles. The predicted octanol–water partition coefficient (Wildman–Crippen LogP) is 4.18. The van der Waals surface area contributed by atoms with Crippen LogP contribution < -0.4 is 10.6 Å². The molecule has 0 aromatic heterocycles. The first-order valence-corrected chi connectivity index (χ1v) is 7.74. The molecule has 0 spiro atoms. The molecular formula is C18H26N2. The summed E-state index contributed by atoms with van der Waals surface area (Å²) in [5, 5.41) is 2.64. The molecule has 2 N–H and O–H groups in total. The van der Waals surface area contributed by atoms with E-state index in [2.05, 4.69) is 61.2 Å². The fraction of sp³-hybridized carbons (Fsp3) is 0.444. The quantitative estimate of drug-likeness (QED) is 0.817. The number of fused-ring (bicyclic) bond motifs is 1. The van der Waals surface area contributed by atoms with Gasteiger partial charge in [0.1, 0.15) is 0 Å². The number of rotatable bonds is 7. The molecule has 0 aliphatic heterocycles. The van der Waals surface area contributed by atoms with Crippen LogP contribution in [0.3, 0.4) is 0 Å². The van der Waals surface area contributed by atoms with E-state index in [1.807, 2.05) is 0 Å². The Morgan fingerprint density at radius 2 is 1.75 bits per heavy atom. The number of hydrogen-bond acceptors (Lipinski definition) is 2. The zero-order valence-corrected chi connectivity index (χ0v) is 12.7. The second-order valence-corrected chi connectivity index (χ2v) is 5.42. The standard InChI is InChI=1S/C18H26N2/c1-3-8-16(19)13-14-20(4-2)18-12-7-10-15-9-5-6-11-17(15)18/h5-7,9-12,16H,3-4,8,13-14,19H2,1-2H3. The van der Waals surface area contributed by atoms with E-state index in [0.717, 1.165) is 25.9 Å². The number of anilines is 1. The number of benzene rings is 2.